The number of benzene rings is 1. The highest BCUT2D eigenvalue weighted by molar-refractivity contribution is 5.83. The van der Waals surface area contributed by atoms with Gasteiger partial charge in [-0.1, -0.05) is 18.2 Å². The first-order chi connectivity index (χ1) is 5.84. The lowest BCUT2D eigenvalue weighted by Crippen LogP contribution is -2.52. The highest BCUT2D eigenvalue weighted by atomic mass is 16.2. The van der Waals surface area contributed by atoms with E-state index in [-0.39, 0.29) is 12.1 Å². The Labute approximate surface area is 70.8 Å². The number of para-hydroxylation sites is 1. The maximum Gasteiger partial charge on any atom is 0.225 e. The summed E-state index contributed by atoms with van der Waals surface area (Å²) in [5.74, 6) is 0.114. The quantitative estimate of drug-likeness (QED) is 0.635. The molecule has 3 nitrogen and oxygen atoms in total. The minimum Gasteiger partial charge on any atom is -0.365 e. The fourth-order valence-corrected chi connectivity index (χ4v) is 1.18. The van der Waals surface area contributed by atoms with Crippen molar-refractivity contribution in [2.45, 2.75) is 12.6 Å². The maximum atomic E-state index is 10.5. The molecule has 0 radical (unpaired) electrons. The van der Waals surface area contributed by atoms with Crippen LogP contribution >= 0.6 is 0 Å². The molecule has 12 heavy (non-hydrogen) atoms. The summed E-state index contributed by atoms with van der Waals surface area (Å²) in [5.41, 5.74) is 1.04. The first kappa shape index (κ1) is 7.16. The highest BCUT2D eigenvalue weighted by Crippen LogP contribution is 2.11. The Morgan fingerprint density at radius 3 is 2.58 bits per heavy atom. The smallest absolute Gasteiger partial charge is 0.225 e. The van der Waals surface area contributed by atoms with Crippen LogP contribution in [-0.4, -0.2) is 12.1 Å². The summed E-state index contributed by atoms with van der Waals surface area (Å²) in [7, 11) is 0. The van der Waals surface area contributed by atoms with Gasteiger partial charge in [0.1, 0.15) is 6.17 Å². The summed E-state index contributed by atoms with van der Waals surface area (Å²) < 4.78 is 0. The summed E-state index contributed by atoms with van der Waals surface area (Å²) >= 11 is 0. The monoisotopic (exact) mass is 162 g/mol. The van der Waals surface area contributed by atoms with Crippen LogP contribution in [0.5, 0.6) is 0 Å². The van der Waals surface area contributed by atoms with E-state index in [1.54, 1.807) is 0 Å². The van der Waals surface area contributed by atoms with Crippen molar-refractivity contribution in [1.29, 1.82) is 0 Å². The third-order valence-corrected chi connectivity index (χ3v) is 1.84. The number of nitrogens with one attached hydrogen (secondary N) is 2. The lowest BCUT2D eigenvalue weighted by molar-refractivity contribution is -0.127. The van der Waals surface area contributed by atoms with Gasteiger partial charge in [0, 0.05) is 5.69 Å². The molecule has 1 aliphatic rings. The van der Waals surface area contributed by atoms with E-state index in [4.69, 9.17) is 0 Å². The highest BCUT2D eigenvalue weighted by Gasteiger charge is 2.24. The molecule has 0 spiro atoms. The first-order valence-electron chi connectivity index (χ1n) is 3.95. The van der Waals surface area contributed by atoms with Crippen LogP contribution < -0.4 is 10.6 Å². The van der Waals surface area contributed by atoms with Gasteiger partial charge in [0.25, 0.3) is 0 Å². The minimum absolute atomic E-state index is 0.114. The number of anilines is 1. The standard InChI is InChI=1S/C9H10N2O/c12-9-6-8(11-9)10-7-4-2-1-3-5-7/h1-5,8,10H,6H2,(H,11,12). The molecule has 2 rings (SSSR count). The average Bonchev–Trinajstić information content (AvgIpc) is 2.04. The van der Waals surface area contributed by atoms with Crippen molar-refractivity contribution in [3.63, 3.8) is 0 Å². The zero-order valence-electron chi connectivity index (χ0n) is 6.58. The molecule has 1 heterocycles. The molecule has 1 saturated heterocycles. The van der Waals surface area contributed by atoms with Gasteiger partial charge in [-0.3, -0.25) is 4.79 Å². The van der Waals surface area contributed by atoms with Crippen molar-refractivity contribution in [1.82, 2.24) is 5.32 Å². The molecular weight excluding hydrogens is 152 g/mol. The topological polar surface area (TPSA) is 41.1 Å². The number of carbonyl (C=O) groups excluding carboxylic acids is 1. The van der Waals surface area contributed by atoms with Gasteiger partial charge in [0.15, 0.2) is 0 Å². The number of hydrogen-bond acceptors (Lipinski definition) is 2. The molecule has 1 atom stereocenters. The van der Waals surface area contributed by atoms with Crippen LogP contribution in [-0.2, 0) is 4.79 Å². The molecule has 1 amide bonds. The molecule has 2 N–H and O–H groups in total. The molecular formula is C9H10N2O. The van der Waals surface area contributed by atoms with Gasteiger partial charge in [-0.15, -0.1) is 0 Å². The second-order valence-corrected chi connectivity index (χ2v) is 2.83. The van der Waals surface area contributed by atoms with Crippen LogP contribution in [0.4, 0.5) is 5.69 Å². The second-order valence-electron chi connectivity index (χ2n) is 2.83. The van der Waals surface area contributed by atoms with Gasteiger partial charge < -0.3 is 10.6 Å². The molecule has 1 aliphatic heterocycles. The van der Waals surface area contributed by atoms with E-state index in [1.165, 1.54) is 0 Å². The van der Waals surface area contributed by atoms with E-state index in [0.29, 0.717) is 6.42 Å². The average molecular weight is 162 g/mol. The second kappa shape index (κ2) is 2.85. The van der Waals surface area contributed by atoms with E-state index in [1.807, 2.05) is 30.3 Å². The molecule has 1 fully saturated rings. The molecule has 1 unspecified atom stereocenters. The summed E-state index contributed by atoms with van der Waals surface area (Å²) in [4.78, 5) is 10.5. The van der Waals surface area contributed by atoms with Crippen LogP contribution in [0.2, 0.25) is 0 Å². The van der Waals surface area contributed by atoms with Crippen LogP contribution in [0.15, 0.2) is 30.3 Å². The summed E-state index contributed by atoms with van der Waals surface area (Å²) in [6.07, 6.45) is 0.703. The van der Waals surface area contributed by atoms with Crippen LogP contribution in [0.1, 0.15) is 6.42 Å². The number of carbonyl (C=O) groups is 1. The molecule has 1 aromatic carbocycles. The minimum atomic E-state index is 0.114. The van der Waals surface area contributed by atoms with Crippen LogP contribution in [0, 0.1) is 0 Å². The first-order valence-corrected chi connectivity index (χ1v) is 3.95. The lowest BCUT2D eigenvalue weighted by Gasteiger charge is -2.28. The van der Waals surface area contributed by atoms with Gasteiger partial charge in [-0.2, -0.15) is 0 Å². The molecule has 0 aromatic heterocycles. The van der Waals surface area contributed by atoms with E-state index < -0.39 is 0 Å². The molecule has 0 bridgehead atoms. The van der Waals surface area contributed by atoms with Gasteiger partial charge in [-0.25, -0.2) is 0 Å². The van der Waals surface area contributed by atoms with Gasteiger partial charge >= 0.3 is 0 Å². The predicted octanol–water partition coefficient (Wildman–Crippen LogP) is 0.944. The molecule has 1 aromatic rings. The Balaban J connectivity index is 1.92. The van der Waals surface area contributed by atoms with Crippen molar-refractivity contribution in [2.24, 2.45) is 0 Å². The Hall–Kier alpha value is -1.51. The van der Waals surface area contributed by atoms with Crippen molar-refractivity contribution >= 4 is 11.6 Å². The summed E-state index contributed by atoms with van der Waals surface area (Å²) in [5, 5.41) is 5.92. The summed E-state index contributed by atoms with van der Waals surface area (Å²) in [6, 6.07) is 9.84. The fourth-order valence-electron chi connectivity index (χ4n) is 1.18. The maximum absolute atomic E-state index is 10.5. The molecule has 3 heteroatoms. The van der Waals surface area contributed by atoms with Crippen molar-refractivity contribution in [2.75, 3.05) is 5.32 Å². The van der Waals surface area contributed by atoms with E-state index in [0.717, 1.165) is 5.69 Å². The Kier molecular flexibility index (Phi) is 1.70. The largest absolute Gasteiger partial charge is 0.365 e. The number of hydrogen-bond donors (Lipinski definition) is 2. The van der Waals surface area contributed by atoms with E-state index in [2.05, 4.69) is 10.6 Å². The SMILES string of the molecule is O=C1CC(Nc2ccccc2)N1. The van der Waals surface area contributed by atoms with Crippen molar-refractivity contribution < 1.29 is 4.79 Å². The van der Waals surface area contributed by atoms with Gasteiger partial charge in [0.05, 0.1) is 6.42 Å². The van der Waals surface area contributed by atoms with Crippen molar-refractivity contribution in [3.8, 4) is 0 Å². The Morgan fingerprint density at radius 1 is 1.33 bits per heavy atom. The normalized spacial score (nSPS) is 21.0. The third-order valence-electron chi connectivity index (χ3n) is 1.84. The zero-order valence-corrected chi connectivity index (χ0v) is 6.58. The number of rotatable bonds is 2. The van der Waals surface area contributed by atoms with Crippen LogP contribution in [0.3, 0.4) is 0 Å². The van der Waals surface area contributed by atoms with Gasteiger partial charge in [0.2, 0.25) is 5.91 Å². The third kappa shape index (κ3) is 1.39. The van der Waals surface area contributed by atoms with E-state index >= 15 is 0 Å². The van der Waals surface area contributed by atoms with Gasteiger partial charge in [-0.05, 0) is 12.1 Å². The molecule has 62 valence electrons. The molecule has 0 aliphatic carbocycles. The van der Waals surface area contributed by atoms with Crippen LogP contribution in [0.25, 0.3) is 0 Å². The Morgan fingerprint density at radius 2 is 2.00 bits per heavy atom. The Bertz CT molecular complexity index is 276. The summed E-state index contributed by atoms with van der Waals surface area (Å²) in [6.45, 7) is 0. The lowest BCUT2D eigenvalue weighted by atomic mass is 10.2. The van der Waals surface area contributed by atoms with E-state index in [9.17, 15) is 4.79 Å². The van der Waals surface area contributed by atoms with Crippen molar-refractivity contribution in [3.05, 3.63) is 30.3 Å². The predicted molar refractivity (Wildman–Crippen MR) is 46.6 cm³/mol. The zero-order chi connectivity index (χ0) is 8.39. The number of β-lactam (4-membered cyclic amide) rings is 1. The molecule has 0 saturated carbocycles. The number of amides is 1. The fraction of sp³-hybridized carbons (Fsp3) is 0.222.